The maximum atomic E-state index is 13.3. The average molecular weight is 537 g/mol. The Morgan fingerprint density at radius 3 is 2.64 bits per heavy atom. The second kappa shape index (κ2) is 12.6. The maximum Gasteiger partial charge on any atom is 0.249 e. The van der Waals surface area contributed by atoms with Crippen LogP contribution in [0.3, 0.4) is 0 Å². The lowest BCUT2D eigenvalue weighted by molar-refractivity contribution is -0.135. The first-order valence-electron chi connectivity index (χ1n) is 12.3. The summed E-state index contributed by atoms with van der Waals surface area (Å²) in [5.74, 6) is -0.365. The Bertz CT molecular complexity index is 1030. The van der Waals surface area contributed by atoms with Gasteiger partial charge in [0.1, 0.15) is 11.9 Å². The van der Waals surface area contributed by atoms with Crippen LogP contribution in [0.5, 0.6) is 0 Å². The van der Waals surface area contributed by atoms with E-state index in [-0.39, 0.29) is 24.2 Å². The number of hydrogen-bond acceptors (Lipinski definition) is 6. The molecule has 1 fully saturated rings. The molecule has 8 nitrogen and oxygen atoms in total. The number of amidine groups is 1. The summed E-state index contributed by atoms with van der Waals surface area (Å²) in [6.45, 7) is 3.89. The molecule has 1 aliphatic heterocycles. The number of carbonyl (C=O) groups excluding carboxylic acids is 2. The first-order chi connectivity index (χ1) is 17.0. The van der Waals surface area contributed by atoms with Crippen molar-refractivity contribution in [2.24, 2.45) is 5.92 Å². The van der Waals surface area contributed by atoms with E-state index in [0.717, 1.165) is 25.7 Å². The van der Waals surface area contributed by atoms with Crippen molar-refractivity contribution in [2.45, 2.75) is 64.0 Å². The summed E-state index contributed by atoms with van der Waals surface area (Å²) in [5.41, 5.74) is 0.460. The van der Waals surface area contributed by atoms with Crippen LogP contribution < -0.4 is 16.0 Å². The Kier molecular flexibility index (Phi) is 9.82. The van der Waals surface area contributed by atoms with Crippen LogP contribution in [0, 0.1) is 11.3 Å². The van der Waals surface area contributed by atoms with Crippen molar-refractivity contribution in [1.29, 1.82) is 5.41 Å². The fourth-order valence-electron chi connectivity index (χ4n) is 4.46. The predicted octanol–water partition coefficient (Wildman–Crippen LogP) is 4.44. The van der Waals surface area contributed by atoms with Crippen molar-refractivity contribution in [2.75, 3.05) is 18.4 Å². The first-order valence-corrected chi connectivity index (χ1v) is 13.0. The quantitative estimate of drug-likeness (QED) is 0.224. The van der Waals surface area contributed by atoms with Gasteiger partial charge in [-0.05, 0) is 50.5 Å². The normalized spacial score (nSPS) is 17.8. The summed E-state index contributed by atoms with van der Waals surface area (Å²) in [6, 6.07) is 4.44. The van der Waals surface area contributed by atoms with E-state index < -0.39 is 11.6 Å². The number of nitrogens with zero attached hydrogens (tertiary/aromatic N) is 1. The monoisotopic (exact) mass is 535 g/mol. The molecule has 196 valence electrons. The lowest BCUT2D eigenvalue weighted by atomic mass is 9.84. The molecule has 1 aromatic rings. The third-order valence-electron chi connectivity index (χ3n) is 6.27. The molecule has 10 heteroatoms. The van der Waals surface area contributed by atoms with E-state index in [2.05, 4.69) is 16.0 Å². The molecule has 1 aliphatic carbocycles. The van der Waals surface area contributed by atoms with Crippen LogP contribution >= 0.6 is 23.2 Å². The van der Waals surface area contributed by atoms with Gasteiger partial charge in [-0.1, -0.05) is 55.3 Å². The maximum absolute atomic E-state index is 13.3. The number of anilines is 1. The van der Waals surface area contributed by atoms with Crippen LogP contribution in [0.15, 0.2) is 42.2 Å². The summed E-state index contributed by atoms with van der Waals surface area (Å²) in [6.07, 6.45) is 10.5. The Hall–Kier alpha value is -2.55. The Labute approximate surface area is 222 Å². The number of hydrogen-bond donors (Lipinski definition) is 5. The number of halogens is 2. The SMILES string of the molecule is CC(C)(O)CN/C=C\C(=N)NC(=O)[C@H](CC1CCCCC1)N1CC(Nc2ccc(Cl)c(Cl)c2)=CC1=O. The molecule has 5 N–H and O–H groups in total. The molecule has 0 aromatic heterocycles. The molecule has 3 rings (SSSR count). The van der Waals surface area contributed by atoms with E-state index >= 15 is 0 Å². The van der Waals surface area contributed by atoms with Gasteiger partial charge in [-0.25, -0.2) is 0 Å². The summed E-state index contributed by atoms with van der Waals surface area (Å²) < 4.78 is 0. The van der Waals surface area contributed by atoms with E-state index in [1.165, 1.54) is 24.8 Å². The standard InChI is InChI=1S/C26H35Cl2N5O3/c1-26(2,36)16-30-11-10-23(29)32-25(35)22(12-17-6-4-3-5-7-17)33-15-19(14-24(33)34)31-18-8-9-20(27)21(28)13-18/h8-11,13-14,17,22,30-31,36H,3-7,12,15-16H2,1-2H3,(H2,29,32,35)/b11-10-/t22-/m0/s1. The van der Waals surface area contributed by atoms with Gasteiger partial charge in [-0.3, -0.25) is 15.0 Å². The lowest BCUT2D eigenvalue weighted by Gasteiger charge is -2.32. The Morgan fingerprint density at radius 2 is 1.97 bits per heavy atom. The molecular weight excluding hydrogens is 501 g/mol. The van der Waals surface area contributed by atoms with Gasteiger partial charge in [0, 0.05) is 30.2 Å². The topological polar surface area (TPSA) is 118 Å². The van der Waals surface area contributed by atoms with E-state index in [4.69, 9.17) is 28.6 Å². The minimum Gasteiger partial charge on any atom is -0.389 e. The number of benzene rings is 1. The van der Waals surface area contributed by atoms with Crippen molar-refractivity contribution in [1.82, 2.24) is 15.5 Å². The highest BCUT2D eigenvalue weighted by atomic mass is 35.5. The van der Waals surface area contributed by atoms with Crippen LogP contribution in [0.1, 0.15) is 52.4 Å². The van der Waals surface area contributed by atoms with Crippen LogP contribution in [-0.4, -0.2) is 52.4 Å². The van der Waals surface area contributed by atoms with E-state index in [9.17, 15) is 14.7 Å². The van der Waals surface area contributed by atoms with Crippen molar-refractivity contribution in [3.63, 3.8) is 0 Å². The van der Waals surface area contributed by atoms with E-state index in [1.807, 2.05) is 0 Å². The fraction of sp³-hybridized carbons (Fsp3) is 0.500. The summed E-state index contributed by atoms with van der Waals surface area (Å²) in [5, 5.41) is 27.5. The van der Waals surface area contributed by atoms with Gasteiger partial charge in [-0.2, -0.15) is 0 Å². The molecule has 1 saturated carbocycles. The number of aliphatic hydroxyl groups is 1. The molecule has 1 heterocycles. The highest BCUT2D eigenvalue weighted by molar-refractivity contribution is 6.42. The molecule has 0 radical (unpaired) electrons. The van der Waals surface area contributed by atoms with E-state index in [1.54, 1.807) is 36.9 Å². The molecule has 36 heavy (non-hydrogen) atoms. The van der Waals surface area contributed by atoms with Gasteiger partial charge in [0.15, 0.2) is 0 Å². The molecular formula is C26H35Cl2N5O3. The number of amides is 2. The van der Waals surface area contributed by atoms with Crippen molar-refractivity contribution in [3.05, 3.63) is 52.3 Å². The third kappa shape index (κ3) is 8.54. The van der Waals surface area contributed by atoms with Gasteiger partial charge >= 0.3 is 0 Å². The molecule has 2 aliphatic rings. The van der Waals surface area contributed by atoms with Gasteiger partial charge < -0.3 is 26.0 Å². The van der Waals surface area contributed by atoms with Gasteiger partial charge in [0.05, 0.1) is 22.2 Å². The zero-order chi connectivity index (χ0) is 26.3. The molecule has 2 amide bonds. The molecule has 0 unspecified atom stereocenters. The molecule has 1 aromatic carbocycles. The van der Waals surface area contributed by atoms with Crippen LogP contribution in [0.2, 0.25) is 10.0 Å². The fourth-order valence-corrected chi connectivity index (χ4v) is 4.76. The minimum atomic E-state index is -0.896. The smallest absolute Gasteiger partial charge is 0.249 e. The highest BCUT2D eigenvalue weighted by Crippen LogP contribution is 2.31. The summed E-state index contributed by atoms with van der Waals surface area (Å²) >= 11 is 12.1. The lowest BCUT2D eigenvalue weighted by Crippen LogP contribution is -2.50. The van der Waals surface area contributed by atoms with Gasteiger partial charge in [-0.15, -0.1) is 0 Å². The predicted molar refractivity (Wildman–Crippen MR) is 144 cm³/mol. The molecule has 0 saturated heterocycles. The number of nitrogens with one attached hydrogen (secondary N) is 4. The highest BCUT2D eigenvalue weighted by Gasteiger charge is 2.35. The van der Waals surface area contributed by atoms with E-state index in [0.29, 0.717) is 40.3 Å². The van der Waals surface area contributed by atoms with Crippen LogP contribution in [-0.2, 0) is 9.59 Å². The molecule has 1 atom stereocenters. The average Bonchev–Trinajstić information content (AvgIpc) is 3.17. The van der Waals surface area contributed by atoms with Crippen molar-refractivity contribution in [3.8, 4) is 0 Å². The first kappa shape index (κ1) is 28.0. The van der Waals surface area contributed by atoms with Crippen molar-refractivity contribution < 1.29 is 14.7 Å². The minimum absolute atomic E-state index is 0.0920. The Balaban J connectivity index is 1.67. The Morgan fingerprint density at radius 1 is 1.25 bits per heavy atom. The zero-order valence-electron chi connectivity index (χ0n) is 20.7. The second-order valence-corrected chi connectivity index (χ2v) is 10.9. The van der Waals surface area contributed by atoms with Gasteiger partial charge in [0.2, 0.25) is 11.8 Å². The second-order valence-electron chi connectivity index (χ2n) is 10.1. The summed E-state index contributed by atoms with van der Waals surface area (Å²) in [4.78, 5) is 27.8. The zero-order valence-corrected chi connectivity index (χ0v) is 22.3. The van der Waals surface area contributed by atoms with Crippen LogP contribution in [0.25, 0.3) is 0 Å². The molecule has 0 spiro atoms. The summed E-state index contributed by atoms with van der Waals surface area (Å²) in [7, 11) is 0. The van der Waals surface area contributed by atoms with Crippen molar-refractivity contribution >= 4 is 46.5 Å². The largest absolute Gasteiger partial charge is 0.389 e. The third-order valence-corrected chi connectivity index (χ3v) is 7.01. The number of rotatable bonds is 10. The molecule has 0 bridgehead atoms. The van der Waals surface area contributed by atoms with Gasteiger partial charge in [0.25, 0.3) is 0 Å². The number of carbonyl (C=O) groups is 2. The van der Waals surface area contributed by atoms with Crippen LogP contribution in [0.4, 0.5) is 5.69 Å².